The highest BCUT2D eigenvalue weighted by atomic mass is 14.8. The van der Waals surface area contributed by atoms with Gasteiger partial charge in [0.15, 0.2) is 0 Å². The second kappa shape index (κ2) is 3.47. The van der Waals surface area contributed by atoms with Gasteiger partial charge in [0.1, 0.15) is 5.65 Å². The molecule has 0 fully saturated rings. The Labute approximate surface area is 103 Å². The number of benzene rings is 1. The third kappa shape index (κ3) is 1.34. The molecule has 4 rings (SSSR count). The van der Waals surface area contributed by atoms with Crippen molar-refractivity contribution in [2.45, 2.75) is 0 Å². The van der Waals surface area contributed by atoms with Gasteiger partial charge in [0.2, 0.25) is 0 Å². The Kier molecular flexibility index (Phi) is 1.83. The van der Waals surface area contributed by atoms with Crippen molar-refractivity contribution in [3.8, 4) is 11.3 Å². The average molecular weight is 233 g/mol. The van der Waals surface area contributed by atoms with Crippen LogP contribution >= 0.6 is 0 Å². The number of nitrogens with one attached hydrogen (secondary N) is 2. The first-order valence-corrected chi connectivity index (χ1v) is 5.91. The molecule has 0 spiro atoms. The maximum Gasteiger partial charge on any atom is 0.137 e. The van der Waals surface area contributed by atoms with Crippen molar-refractivity contribution in [3.63, 3.8) is 0 Å². The minimum atomic E-state index is 0.932. The van der Waals surface area contributed by atoms with Gasteiger partial charge in [0, 0.05) is 34.4 Å². The maximum atomic E-state index is 4.32. The van der Waals surface area contributed by atoms with Gasteiger partial charge in [-0.2, -0.15) is 0 Å². The maximum absolute atomic E-state index is 4.32. The molecule has 3 heterocycles. The molecule has 3 heteroatoms. The topological polar surface area (TPSA) is 44.5 Å². The number of nitrogens with zero attached hydrogens (tertiary/aromatic N) is 1. The molecule has 2 N–H and O–H groups in total. The normalized spacial score (nSPS) is 11.3. The lowest BCUT2D eigenvalue weighted by atomic mass is 10.1. The third-order valence-electron chi connectivity index (χ3n) is 3.26. The fourth-order valence-electron chi connectivity index (χ4n) is 2.33. The Morgan fingerprint density at radius 2 is 1.94 bits per heavy atom. The summed E-state index contributed by atoms with van der Waals surface area (Å²) in [5.41, 5.74) is 4.38. The highest BCUT2D eigenvalue weighted by Gasteiger charge is 2.04. The van der Waals surface area contributed by atoms with E-state index < -0.39 is 0 Å². The summed E-state index contributed by atoms with van der Waals surface area (Å²) in [6, 6.07) is 14.6. The Morgan fingerprint density at radius 1 is 0.944 bits per heavy atom. The minimum absolute atomic E-state index is 0.932. The van der Waals surface area contributed by atoms with Crippen molar-refractivity contribution >= 4 is 21.9 Å². The summed E-state index contributed by atoms with van der Waals surface area (Å²) < 4.78 is 0. The van der Waals surface area contributed by atoms with Gasteiger partial charge >= 0.3 is 0 Å². The van der Waals surface area contributed by atoms with Crippen LogP contribution in [0.5, 0.6) is 0 Å². The van der Waals surface area contributed by atoms with E-state index in [1.165, 1.54) is 10.9 Å². The smallest absolute Gasteiger partial charge is 0.137 e. The number of H-pyrrole nitrogens is 2. The third-order valence-corrected chi connectivity index (χ3v) is 3.26. The molecule has 3 nitrogen and oxygen atoms in total. The van der Waals surface area contributed by atoms with Crippen molar-refractivity contribution in [3.05, 3.63) is 54.9 Å². The Bertz CT molecular complexity index is 806. The molecule has 0 atom stereocenters. The van der Waals surface area contributed by atoms with Crippen LogP contribution in [0.2, 0.25) is 0 Å². The summed E-state index contributed by atoms with van der Waals surface area (Å²) in [6.45, 7) is 0. The number of aromatic nitrogens is 3. The van der Waals surface area contributed by atoms with E-state index in [0.717, 1.165) is 22.2 Å². The standard InChI is InChI=1S/C15H11N3/c1-2-12-9-14(18-15(12)17-6-1)10-3-4-13-11(8-10)5-7-16-13/h1-9,16H,(H,17,18). The summed E-state index contributed by atoms with van der Waals surface area (Å²) in [5.74, 6) is 0. The first-order chi connectivity index (χ1) is 8.90. The molecule has 4 aromatic rings. The first kappa shape index (κ1) is 9.48. The molecule has 0 aliphatic heterocycles. The summed E-state index contributed by atoms with van der Waals surface area (Å²) in [6.07, 6.45) is 3.76. The number of hydrogen-bond acceptors (Lipinski definition) is 1. The van der Waals surface area contributed by atoms with Gasteiger partial charge < -0.3 is 9.97 Å². The molecule has 1 aromatic carbocycles. The van der Waals surface area contributed by atoms with Crippen LogP contribution in [0.4, 0.5) is 0 Å². The fourth-order valence-corrected chi connectivity index (χ4v) is 2.33. The molecule has 3 aromatic heterocycles. The summed E-state index contributed by atoms with van der Waals surface area (Å²) >= 11 is 0. The lowest BCUT2D eigenvalue weighted by Crippen LogP contribution is -1.78. The van der Waals surface area contributed by atoms with E-state index in [4.69, 9.17) is 0 Å². The van der Waals surface area contributed by atoms with Gasteiger partial charge in [0.05, 0.1) is 0 Å². The van der Waals surface area contributed by atoms with Crippen LogP contribution in [-0.2, 0) is 0 Å². The lowest BCUT2D eigenvalue weighted by Gasteiger charge is -1.98. The van der Waals surface area contributed by atoms with Crippen molar-refractivity contribution in [2.24, 2.45) is 0 Å². The van der Waals surface area contributed by atoms with E-state index in [0.29, 0.717) is 0 Å². The van der Waals surface area contributed by atoms with E-state index in [1.54, 1.807) is 6.20 Å². The SMILES string of the molecule is c1cnc2[nH]c(-c3ccc4[nH]ccc4c3)cc2c1. The highest BCUT2D eigenvalue weighted by Crippen LogP contribution is 2.25. The predicted molar refractivity (Wildman–Crippen MR) is 73.4 cm³/mol. The van der Waals surface area contributed by atoms with E-state index in [-0.39, 0.29) is 0 Å². The van der Waals surface area contributed by atoms with E-state index >= 15 is 0 Å². The van der Waals surface area contributed by atoms with Gasteiger partial charge in [0.25, 0.3) is 0 Å². The quantitative estimate of drug-likeness (QED) is 0.517. The van der Waals surface area contributed by atoms with Crippen LogP contribution in [0.3, 0.4) is 0 Å². The lowest BCUT2D eigenvalue weighted by molar-refractivity contribution is 1.33. The van der Waals surface area contributed by atoms with Crippen LogP contribution in [0.1, 0.15) is 0 Å². The zero-order valence-corrected chi connectivity index (χ0v) is 9.64. The predicted octanol–water partition coefficient (Wildman–Crippen LogP) is 3.71. The molecule has 18 heavy (non-hydrogen) atoms. The molecule has 0 bridgehead atoms. The first-order valence-electron chi connectivity index (χ1n) is 5.91. The number of rotatable bonds is 1. The van der Waals surface area contributed by atoms with Crippen molar-refractivity contribution < 1.29 is 0 Å². The molecule has 0 aliphatic rings. The Morgan fingerprint density at radius 3 is 2.89 bits per heavy atom. The van der Waals surface area contributed by atoms with Crippen LogP contribution in [0.25, 0.3) is 33.2 Å². The molecule has 0 unspecified atom stereocenters. The van der Waals surface area contributed by atoms with Gasteiger partial charge in [-0.1, -0.05) is 6.07 Å². The largest absolute Gasteiger partial charge is 0.361 e. The highest BCUT2D eigenvalue weighted by molar-refractivity contribution is 5.88. The molecule has 0 saturated carbocycles. The molecule has 86 valence electrons. The van der Waals surface area contributed by atoms with Crippen molar-refractivity contribution in [1.82, 2.24) is 15.0 Å². The molecule has 0 saturated heterocycles. The Balaban J connectivity index is 1.94. The Hall–Kier alpha value is -2.55. The summed E-state index contributed by atoms with van der Waals surface area (Å²) in [5, 5.41) is 2.36. The zero-order chi connectivity index (χ0) is 11.9. The second-order valence-corrected chi connectivity index (χ2v) is 4.40. The number of fused-ring (bicyclic) bond motifs is 2. The van der Waals surface area contributed by atoms with Crippen LogP contribution in [0.15, 0.2) is 54.9 Å². The van der Waals surface area contributed by atoms with Gasteiger partial charge in [-0.25, -0.2) is 4.98 Å². The van der Waals surface area contributed by atoms with Crippen LogP contribution in [-0.4, -0.2) is 15.0 Å². The molecular formula is C15H11N3. The number of hydrogen-bond donors (Lipinski definition) is 2. The van der Waals surface area contributed by atoms with Crippen LogP contribution in [0, 0.1) is 0 Å². The molecular weight excluding hydrogens is 222 g/mol. The second-order valence-electron chi connectivity index (χ2n) is 4.40. The molecule has 0 aliphatic carbocycles. The fraction of sp³-hybridized carbons (Fsp3) is 0. The minimum Gasteiger partial charge on any atom is -0.361 e. The number of aromatic amines is 2. The van der Waals surface area contributed by atoms with Crippen molar-refractivity contribution in [1.29, 1.82) is 0 Å². The summed E-state index contributed by atoms with van der Waals surface area (Å²) in [7, 11) is 0. The van der Waals surface area contributed by atoms with Crippen LogP contribution < -0.4 is 0 Å². The van der Waals surface area contributed by atoms with Gasteiger partial charge in [-0.05, 0) is 42.0 Å². The summed E-state index contributed by atoms with van der Waals surface area (Å²) in [4.78, 5) is 10.9. The zero-order valence-electron chi connectivity index (χ0n) is 9.64. The average Bonchev–Trinajstić information content (AvgIpc) is 3.04. The van der Waals surface area contributed by atoms with E-state index in [1.807, 2.05) is 12.3 Å². The van der Waals surface area contributed by atoms with Gasteiger partial charge in [-0.3, -0.25) is 0 Å². The molecule has 0 radical (unpaired) electrons. The molecule has 0 amide bonds. The van der Waals surface area contributed by atoms with Crippen molar-refractivity contribution in [2.75, 3.05) is 0 Å². The van der Waals surface area contributed by atoms with E-state index in [2.05, 4.69) is 51.4 Å². The number of pyridine rings is 1. The van der Waals surface area contributed by atoms with Gasteiger partial charge in [-0.15, -0.1) is 0 Å². The van der Waals surface area contributed by atoms with E-state index in [9.17, 15) is 0 Å². The monoisotopic (exact) mass is 233 g/mol.